The third-order valence-electron chi connectivity index (χ3n) is 11.9. The number of imidazole rings is 1. The van der Waals surface area contributed by atoms with Crippen LogP contribution in [0.25, 0.3) is 28.1 Å². The zero-order valence-electron chi connectivity index (χ0n) is 34.5. The van der Waals surface area contributed by atoms with E-state index in [0.717, 1.165) is 11.3 Å². The zero-order valence-corrected chi connectivity index (χ0v) is 34.5. The lowest BCUT2D eigenvalue weighted by molar-refractivity contribution is 0.589. The highest BCUT2D eigenvalue weighted by molar-refractivity contribution is 7.00. The predicted molar refractivity (Wildman–Crippen MR) is 230 cm³/mol. The fraction of sp³-hybridized carbons (Fsp3) is 0.367. The highest BCUT2D eigenvalue weighted by atomic mass is 15.2. The summed E-state index contributed by atoms with van der Waals surface area (Å²) in [6, 6.07) is 33.1. The van der Waals surface area contributed by atoms with Crippen LogP contribution in [0.1, 0.15) is 116 Å². The van der Waals surface area contributed by atoms with Crippen LogP contribution in [0, 0.1) is 13.8 Å². The van der Waals surface area contributed by atoms with Crippen LogP contribution in [0.3, 0.4) is 0 Å². The molecule has 0 saturated heterocycles. The number of anilines is 3. The van der Waals surface area contributed by atoms with E-state index in [4.69, 9.17) is 4.98 Å². The van der Waals surface area contributed by atoms with Crippen molar-refractivity contribution in [1.29, 1.82) is 0 Å². The summed E-state index contributed by atoms with van der Waals surface area (Å²) >= 11 is 0. The summed E-state index contributed by atoms with van der Waals surface area (Å²) in [4.78, 5) is 8.20. The van der Waals surface area contributed by atoms with Crippen molar-refractivity contribution in [1.82, 2.24) is 9.55 Å². The molecule has 0 radical (unpaired) electrons. The van der Waals surface area contributed by atoms with Crippen LogP contribution in [0.2, 0.25) is 0 Å². The summed E-state index contributed by atoms with van der Waals surface area (Å²) in [5, 5.41) is 0. The molecule has 4 heteroatoms. The molecule has 2 aliphatic heterocycles. The molecule has 3 nitrogen and oxygen atoms in total. The summed E-state index contributed by atoms with van der Waals surface area (Å²) in [6.45, 7) is 32.4. The van der Waals surface area contributed by atoms with Crippen molar-refractivity contribution >= 4 is 51.2 Å². The van der Waals surface area contributed by atoms with Gasteiger partial charge in [0.2, 0.25) is 0 Å². The first-order valence-corrected chi connectivity index (χ1v) is 19.5. The minimum absolute atomic E-state index is 0.000392. The number of hydrogen-bond acceptors (Lipinski definition) is 2. The molecule has 1 aromatic heterocycles. The second kappa shape index (κ2) is 11.5. The number of aromatic nitrogens is 2. The second-order valence-electron chi connectivity index (χ2n) is 20.0. The molecule has 8 rings (SSSR count). The van der Waals surface area contributed by atoms with Gasteiger partial charge in [-0.2, -0.15) is 0 Å². The minimum atomic E-state index is -0.0782. The molecule has 0 unspecified atom stereocenters. The molecule has 0 saturated carbocycles. The molecule has 53 heavy (non-hydrogen) atoms. The number of benzene rings is 5. The van der Waals surface area contributed by atoms with Gasteiger partial charge in [-0.05, 0) is 122 Å². The minimum Gasteiger partial charge on any atom is -0.311 e. The Bertz CT molecular complexity index is 2430. The summed E-state index contributed by atoms with van der Waals surface area (Å²) in [6.07, 6.45) is 0. The van der Waals surface area contributed by atoms with E-state index in [-0.39, 0.29) is 28.4 Å². The van der Waals surface area contributed by atoms with E-state index in [9.17, 15) is 0 Å². The fourth-order valence-electron chi connectivity index (χ4n) is 8.63. The number of nitrogens with zero attached hydrogens (tertiary/aromatic N) is 3. The largest absolute Gasteiger partial charge is 0.311 e. The number of fused-ring (bicyclic) bond motifs is 4. The molecule has 0 atom stereocenters. The molecule has 270 valence electrons. The summed E-state index contributed by atoms with van der Waals surface area (Å²) in [5.74, 6) is 1.03. The van der Waals surface area contributed by atoms with Crippen molar-refractivity contribution in [3.05, 3.63) is 118 Å². The van der Waals surface area contributed by atoms with Gasteiger partial charge in [0.25, 0.3) is 6.71 Å². The number of rotatable bonds is 2. The van der Waals surface area contributed by atoms with E-state index in [1.807, 2.05) is 0 Å². The molecule has 3 heterocycles. The van der Waals surface area contributed by atoms with Crippen molar-refractivity contribution in [3.8, 4) is 17.1 Å². The lowest BCUT2D eigenvalue weighted by Crippen LogP contribution is -2.61. The molecule has 0 bridgehead atoms. The van der Waals surface area contributed by atoms with Gasteiger partial charge in [0.15, 0.2) is 0 Å². The Kier molecular flexibility index (Phi) is 7.67. The van der Waals surface area contributed by atoms with Gasteiger partial charge in [-0.25, -0.2) is 4.98 Å². The van der Waals surface area contributed by atoms with Crippen molar-refractivity contribution in [2.24, 2.45) is 0 Å². The first kappa shape index (κ1) is 35.5. The number of aryl methyl sites for hydroxylation is 2. The van der Waals surface area contributed by atoms with Crippen molar-refractivity contribution in [2.75, 3.05) is 4.90 Å². The Morgan fingerprint density at radius 3 is 1.62 bits per heavy atom. The van der Waals surface area contributed by atoms with Gasteiger partial charge in [0.05, 0.1) is 11.0 Å². The Morgan fingerprint density at radius 1 is 0.509 bits per heavy atom. The maximum Gasteiger partial charge on any atom is 0.252 e. The second-order valence-corrected chi connectivity index (χ2v) is 20.0. The maximum atomic E-state index is 5.62. The Hall–Kier alpha value is -4.57. The fourth-order valence-corrected chi connectivity index (χ4v) is 8.63. The van der Waals surface area contributed by atoms with E-state index in [2.05, 4.69) is 191 Å². The first-order chi connectivity index (χ1) is 24.6. The Balaban J connectivity index is 1.56. The third kappa shape index (κ3) is 5.58. The van der Waals surface area contributed by atoms with Crippen molar-refractivity contribution in [2.45, 2.75) is 119 Å². The predicted octanol–water partition coefficient (Wildman–Crippen LogP) is 11.1. The average molecular weight is 698 g/mol. The molecule has 6 aromatic rings. The van der Waals surface area contributed by atoms with Crippen LogP contribution in [0.15, 0.2) is 84.9 Å². The molecule has 0 spiro atoms. The molecule has 0 aliphatic carbocycles. The summed E-state index contributed by atoms with van der Waals surface area (Å²) in [5.41, 5.74) is 20.3. The third-order valence-corrected chi connectivity index (χ3v) is 11.9. The smallest absolute Gasteiger partial charge is 0.252 e. The van der Waals surface area contributed by atoms with Gasteiger partial charge in [-0.15, -0.1) is 0 Å². The number of hydrogen-bond donors (Lipinski definition) is 0. The van der Waals surface area contributed by atoms with Gasteiger partial charge in [0.1, 0.15) is 5.82 Å². The van der Waals surface area contributed by atoms with Gasteiger partial charge in [0, 0.05) is 28.3 Å². The van der Waals surface area contributed by atoms with Gasteiger partial charge < -0.3 is 4.90 Å². The van der Waals surface area contributed by atoms with Crippen LogP contribution in [0.5, 0.6) is 0 Å². The zero-order chi connectivity index (χ0) is 38.2. The van der Waals surface area contributed by atoms with Gasteiger partial charge >= 0.3 is 0 Å². The van der Waals surface area contributed by atoms with E-state index in [1.165, 1.54) is 83.6 Å². The molecule has 0 N–H and O–H groups in total. The summed E-state index contributed by atoms with van der Waals surface area (Å²) < 4.78 is 2.53. The molecular formula is C49H56BN3. The molecule has 0 amide bonds. The van der Waals surface area contributed by atoms with Crippen LogP contribution in [-0.4, -0.2) is 16.3 Å². The normalized spacial score (nSPS) is 14.2. The highest BCUT2D eigenvalue weighted by Gasteiger charge is 2.44. The standard InChI is InChI=1S/C49H56BN3/c1-29-16-15-17-30(2)42(29)45-51-38-25-33(48(9,10)11)24-37-44(38)53(45)41-28-34(49(12,13)14)27-40-43(41)50(37)36-23-20-32(47(6,7)8)26-39(36)52(40)35-21-18-31(19-22-35)46(3,4)5/h15-28H,1-14H3. The van der Waals surface area contributed by atoms with E-state index in [0.29, 0.717) is 0 Å². The Labute approximate surface area is 318 Å². The van der Waals surface area contributed by atoms with Crippen LogP contribution < -0.4 is 21.3 Å². The lowest BCUT2D eigenvalue weighted by atomic mass is 9.33. The average Bonchev–Trinajstić information content (AvgIpc) is 3.43. The lowest BCUT2D eigenvalue weighted by Gasteiger charge is -2.42. The first-order valence-electron chi connectivity index (χ1n) is 19.5. The molecule has 5 aromatic carbocycles. The van der Waals surface area contributed by atoms with Gasteiger partial charge in [-0.1, -0.05) is 132 Å². The van der Waals surface area contributed by atoms with E-state index >= 15 is 0 Å². The van der Waals surface area contributed by atoms with Crippen LogP contribution in [0.4, 0.5) is 17.1 Å². The quantitative estimate of drug-likeness (QED) is 0.168. The van der Waals surface area contributed by atoms with Gasteiger partial charge in [-0.3, -0.25) is 4.57 Å². The monoisotopic (exact) mass is 697 g/mol. The maximum absolute atomic E-state index is 5.62. The van der Waals surface area contributed by atoms with E-state index in [1.54, 1.807) is 0 Å². The van der Waals surface area contributed by atoms with E-state index < -0.39 is 0 Å². The SMILES string of the molecule is Cc1cccc(C)c1-c1nc2cc(C(C)(C)C)cc3c2n1-c1cc(C(C)(C)C)cc2c1B3c1ccc(C(C)(C)C)cc1N2c1ccc(C(C)(C)C)cc1. The van der Waals surface area contributed by atoms with Crippen molar-refractivity contribution < 1.29 is 0 Å². The molecule has 2 aliphatic rings. The summed E-state index contributed by atoms with van der Waals surface area (Å²) in [7, 11) is 0. The van der Waals surface area contributed by atoms with Crippen molar-refractivity contribution in [3.63, 3.8) is 0 Å². The molecule has 0 fully saturated rings. The molecular weight excluding hydrogens is 641 g/mol. The van der Waals surface area contributed by atoms with Crippen LogP contribution in [-0.2, 0) is 21.7 Å². The Morgan fingerprint density at radius 2 is 1.04 bits per heavy atom. The van der Waals surface area contributed by atoms with Crippen LogP contribution >= 0.6 is 0 Å². The highest BCUT2D eigenvalue weighted by Crippen LogP contribution is 2.45. The topological polar surface area (TPSA) is 21.1 Å².